The van der Waals surface area contributed by atoms with Crippen LogP contribution in [0, 0.1) is 35.3 Å². The summed E-state index contributed by atoms with van der Waals surface area (Å²) in [5.74, 6) is 1.26. The molecule has 2 saturated carbocycles. The Hall–Kier alpha value is -1.36. The molecule has 0 saturated heterocycles. The molecule has 3 aliphatic rings. The number of hydrogen-bond acceptors (Lipinski definition) is 3. The molecule has 0 N–H and O–H groups in total. The van der Waals surface area contributed by atoms with E-state index in [1.807, 2.05) is 0 Å². The van der Waals surface area contributed by atoms with Gasteiger partial charge in [-0.05, 0) is 81.1 Å². The van der Waals surface area contributed by atoms with E-state index >= 15 is 0 Å². The van der Waals surface area contributed by atoms with Crippen LogP contribution in [-0.2, 0) is 11.2 Å². The smallest absolute Gasteiger partial charge is 0.204 e. The molecule has 4 rings (SSSR count). The zero-order chi connectivity index (χ0) is 23.2. The number of ether oxygens (including phenoxy) is 3. The Morgan fingerprint density at radius 2 is 1.55 bits per heavy atom. The number of aryl methyl sites for hydroxylation is 1. The standard InChI is InChI=1S/C28H42F2O3/c1-3-5-16-31-25-15-14-23-17-24(26(29)27(30)28(23)33-25)32-18-20-8-12-22(13-9-20)21-10-6-19(4-2)7-11-21/h17,19-22,25H,3-16,18H2,1-2H3. The Bertz CT molecular complexity index is 752. The summed E-state index contributed by atoms with van der Waals surface area (Å²) in [7, 11) is 0. The van der Waals surface area contributed by atoms with Crippen molar-refractivity contribution in [3.8, 4) is 11.5 Å². The second-order valence-corrected chi connectivity index (χ2v) is 10.6. The molecule has 1 atom stereocenters. The molecule has 2 fully saturated rings. The third-order valence-corrected chi connectivity index (χ3v) is 8.41. The molecule has 1 aromatic carbocycles. The molecule has 33 heavy (non-hydrogen) atoms. The summed E-state index contributed by atoms with van der Waals surface area (Å²) in [5.41, 5.74) is 0.672. The summed E-state index contributed by atoms with van der Waals surface area (Å²) in [6.07, 6.45) is 14.4. The topological polar surface area (TPSA) is 27.7 Å². The summed E-state index contributed by atoms with van der Waals surface area (Å²) in [4.78, 5) is 0. The number of halogens is 2. The summed E-state index contributed by atoms with van der Waals surface area (Å²) in [5, 5.41) is 0. The van der Waals surface area contributed by atoms with Gasteiger partial charge in [0.2, 0.25) is 11.6 Å². The summed E-state index contributed by atoms with van der Waals surface area (Å²) in [6.45, 7) is 5.44. The van der Waals surface area contributed by atoms with Gasteiger partial charge < -0.3 is 14.2 Å². The Morgan fingerprint density at radius 3 is 2.18 bits per heavy atom. The molecule has 2 aliphatic carbocycles. The third kappa shape index (κ3) is 6.21. The number of hydrogen-bond donors (Lipinski definition) is 0. The normalized spacial score (nSPS) is 29.9. The van der Waals surface area contributed by atoms with Gasteiger partial charge in [0, 0.05) is 12.0 Å². The summed E-state index contributed by atoms with van der Waals surface area (Å²) < 4.78 is 46.6. The van der Waals surface area contributed by atoms with E-state index in [0.29, 0.717) is 37.5 Å². The lowest BCUT2D eigenvalue weighted by atomic mass is 9.69. The highest BCUT2D eigenvalue weighted by Crippen LogP contribution is 2.42. The molecule has 1 aromatic rings. The van der Waals surface area contributed by atoms with Crippen molar-refractivity contribution in [2.24, 2.45) is 23.7 Å². The maximum absolute atomic E-state index is 14.7. The highest BCUT2D eigenvalue weighted by molar-refractivity contribution is 5.44. The van der Waals surface area contributed by atoms with Gasteiger partial charge in [-0.1, -0.05) is 39.5 Å². The van der Waals surface area contributed by atoms with Crippen LogP contribution in [0.25, 0.3) is 0 Å². The summed E-state index contributed by atoms with van der Waals surface area (Å²) >= 11 is 0. The molecule has 0 amide bonds. The minimum absolute atomic E-state index is 0.00843. The number of unbranched alkanes of at least 4 members (excludes halogenated alkanes) is 1. The molecule has 1 aliphatic heterocycles. The maximum atomic E-state index is 14.7. The van der Waals surface area contributed by atoms with Crippen molar-refractivity contribution in [3.63, 3.8) is 0 Å². The number of fused-ring (bicyclic) bond motifs is 1. The van der Waals surface area contributed by atoms with E-state index < -0.39 is 17.9 Å². The van der Waals surface area contributed by atoms with E-state index in [2.05, 4.69) is 13.8 Å². The molecular weight excluding hydrogens is 422 g/mol. The lowest BCUT2D eigenvalue weighted by Crippen LogP contribution is -2.28. The predicted octanol–water partition coefficient (Wildman–Crippen LogP) is 7.83. The van der Waals surface area contributed by atoms with Crippen LogP contribution in [0.3, 0.4) is 0 Å². The van der Waals surface area contributed by atoms with Crippen molar-refractivity contribution in [2.75, 3.05) is 13.2 Å². The van der Waals surface area contributed by atoms with Gasteiger partial charge in [-0.3, -0.25) is 0 Å². The average Bonchev–Trinajstić information content (AvgIpc) is 2.86. The molecule has 1 heterocycles. The van der Waals surface area contributed by atoms with Crippen LogP contribution in [-0.4, -0.2) is 19.5 Å². The average molecular weight is 465 g/mol. The van der Waals surface area contributed by atoms with Gasteiger partial charge in [0.05, 0.1) is 13.2 Å². The maximum Gasteiger partial charge on any atom is 0.204 e. The first-order chi connectivity index (χ1) is 16.1. The van der Waals surface area contributed by atoms with E-state index in [0.717, 1.165) is 43.4 Å². The lowest BCUT2D eigenvalue weighted by molar-refractivity contribution is -0.0935. The molecule has 0 spiro atoms. The molecular formula is C28H42F2O3. The lowest BCUT2D eigenvalue weighted by Gasteiger charge is -2.37. The van der Waals surface area contributed by atoms with E-state index in [9.17, 15) is 8.78 Å². The van der Waals surface area contributed by atoms with Crippen LogP contribution in [0.15, 0.2) is 6.07 Å². The third-order valence-electron chi connectivity index (χ3n) is 8.41. The Morgan fingerprint density at radius 1 is 0.879 bits per heavy atom. The molecule has 0 aromatic heterocycles. The summed E-state index contributed by atoms with van der Waals surface area (Å²) in [6, 6.07) is 1.63. The van der Waals surface area contributed by atoms with Crippen molar-refractivity contribution < 1.29 is 23.0 Å². The molecule has 0 bridgehead atoms. The van der Waals surface area contributed by atoms with Crippen molar-refractivity contribution in [3.05, 3.63) is 23.3 Å². The molecule has 1 unspecified atom stereocenters. The first kappa shape index (κ1) is 24.8. The van der Waals surface area contributed by atoms with E-state index in [1.54, 1.807) is 6.07 Å². The fraction of sp³-hybridized carbons (Fsp3) is 0.786. The van der Waals surface area contributed by atoms with Crippen molar-refractivity contribution in [1.82, 2.24) is 0 Å². The van der Waals surface area contributed by atoms with Gasteiger partial charge in [-0.25, -0.2) is 0 Å². The Labute approximate surface area is 198 Å². The van der Waals surface area contributed by atoms with Gasteiger partial charge in [-0.2, -0.15) is 8.78 Å². The van der Waals surface area contributed by atoms with Crippen molar-refractivity contribution in [1.29, 1.82) is 0 Å². The second kappa shape index (κ2) is 11.9. The highest BCUT2D eigenvalue weighted by atomic mass is 19.2. The highest BCUT2D eigenvalue weighted by Gasteiger charge is 2.32. The predicted molar refractivity (Wildman–Crippen MR) is 127 cm³/mol. The van der Waals surface area contributed by atoms with Crippen LogP contribution < -0.4 is 9.47 Å². The van der Waals surface area contributed by atoms with Crippen LogP contribution in [0.5, 0.6) is 11.5 Å². The number of benzene rings is 1. The van der Waals surface area contributed by atoms with E-state index in [4.69, 9.17) is 14.2 Å². The Balaban J connectivity index is 1.26. The molecule has 186 valence electrons. The first-order valence-corrected chi connectivity index (χ1v) is 13.5. The zero-order valence-corrected chi connectivity index (χ0v) is 20.6. The quantitative estimate of drug-likeness (QED) is 0.349. The first-order valence-electron chi connectivity index (χ1n) is 13.5. The molecule has 0 radical (unpaired) electrons. The molecule has 3 nitrogen and oxygen atoms in total. The second-order valence-electron chi connectivity index (χ2n) is 10.6. The van der Waals surface area contributed by atoms with Crippen LogP contribution in [0.4, 0.5) is 8.78 Å². The van der Waals surface area contributed by atoms with Crippen molar-refractivity contribution >= 4 is 0 Å². The van der Waals surface area contributed by atoms with E-state index in [1.165, 1.54) is 44.9 Å². The fourth-order valence-electron chi connectivity index (χ4n) is 6.10. The fourth-order valence-corrected chi connectivity index (χ4v) is 6.10. The van der Waals surface area contributed by atoms with Gasteiger partial charge >= 0.3 is 0 Å². The van der Waals surface area contributed by atoms with Crippen LogP contribution >= 0.6 is 0 Å². The Kier molecular flexibility index (Phi) is 8.90. The van der Waals surface area contributed by atoms with Crippen LogP contribution in [0.1, 0.15) is 96.5 Å². The zero-order valence-electron chi connectivity index (χ0n) is 20.6. The number of rotatable bonds is 9. The van der Waals surface area contributed by atoms with Crippen LogP contribution in [0.2, 0.25) is 0 Å². The van der Waals surface area contributed by atoms with Gasteiger partial charge in [-0.15, -0.1) is 0 Å². The molecule has 5 heteroatoms. The SMILES string of the molecule is CCCCOC1CCc2cc(OCC3CCC(C4CCC(CC)CC4)CC3)c(F)c(F)c2O1. The monoisotopic (exact) mass is 464 g/mol. The minimum atomic E-state index is -0.947. The minimum Gasteiger partial charge on any atom is -0.490 e. The van der Waals surface area contributed by atoms with Crippen molar-refractivity contribution in [2.45, 2.75) is 104 Å². The largest absolute Gasteiger partial charge is 0.490 e. The van der Waals surface area contributed by atoms with E-state index in [-0.39, 0.29) is 11.5 Å². The van der Waals surface area contributed by atoms with Gasteiger partial charge in [0.1, 0.15) is 0 Å². The van der Waals surface area contributed by atoms with Gasteiger partial charge in [0.25, 0.3) is 0 Å². The van der Waals surface area contributed by atoms with Gasteiger partial charge in [0.15, 0.2) is 17.8 Å².